The molecule has 7 nitrogen and oxygen atoms in total. The molecule has 0 spiro atoms. The van der Waals surface area contributed by atoms with Gasteiger partial charge in [0.2, 0.25) is 21.8 Å². The van der Waals surface area contributed by atoms with Crippen LogP contribution in [0.2, 0.25) is 0 Å². The van der Waals surface area contributed by atoms with Gasteiger partial charge in [-0.15, -0.1) is 0 Å². The van der Waals surface area contributed by atoms with E-state index in [2.05, 4.69) is 10.6 Å². The van der Waals surface area contributed by atoms with E-state index in [-0.39, 0.29) is 17.7 Å². The Morgan fingerprint density at radius 2 is 1.39 bits per heavy atom. The molecule has 2 amide bonds. The largest absolute Gasteiger partial charge is 0.326 e. The molecule has 0 aromatic heterocycles. The fourth-order valence-corrected chi connectivity index (χ4v) is 6.03. The Morgan fingerprint density at radius 3 is 1.87 bits per heavy atom. The van der Waals surface area contributed by atoms with Gasteiger partial charge in [0.15, 0.2) is 0 Å². The molecule has 1 heterocycles. The smallest absolute Gasteiger partial charge is 0.243 e. The van der Waals surface area contributed by atoms with Gasteiger partial charge in [-0.3, -0.25) is 9.59 Å². The summed E-state index contributed by atoms with van der Waals surface area (Å²) in [5.74, 6) is -0.525. The molecule has 31 heavy (non-hydrogen) atoms. The van der Waals surface area contributed by atoms with Gasteiger partial charge in [-0.2, -0.15) is 4.31 Å². The average molecular weight is 444 g/mol. The first-order chi connectivity index (χ1) is 14.6. The van der Waals surface area contributed by atoms with Gasteiger partial charge < -0.3 is 10.6 Å². The van der Waals surface area contributed by atoms with Crippen LogP contribution in [0.25, 0.3) is 0 Å². The van der Waals surface area contributed by atoms with E-state index in [0.717, 1.165) is 16.7 Å². The monoisotopic (exact) mass is 443 g/mol. The van der Waals surface area contributed by atoms with E-state index in [1.54, 1.807) is 24.3 Å². The van der Waals surface area contributed by atoms with E-state index in [1.807, 2.05) is 32.9 Å². The van der Waals surface area contributed by atoms with Gasteiger partial charge in [-0.05, 0) is 69.0 Å². The lowest BCUT2D eigenvalue weighted by molar-refractivity contribution is -0.121. The number of hydrogen-bond donors (Lipinski definition) is 2. The van der Waals surface area contributed by atoms with E-state index >= 15 is 0 Å². The number of amides is 2. The normalized spacial score (nSPS) is 15.5. The number of nitrogens with zero attached hydrogens (tertiary/aromatic N) is 1. The molecule has 0 unspecified atom stereocenters. The van der Waals surface area contributed by atoms with Crippen molar-refractivity contribution in [3.63, 3.8) is 0 Å². The van der Waals surface area contributed by atoms with Crippen LogP contribution in [0, 0.1) is 26.7 Å². The molecule has 0 aliphatic carbocycles. The van der Waals surface area contributed by atoms with Crippen molar-refractivity contribution in [2.75, 3.05) is 23.7 Å². The topological polar surface area (TPSA) is 95.6 Å². The van der Waals surface area contributed by atoms with Gasteiger partial charge in [-0.25, -0.2) is 8.42 Å². The second-order valence-corrected chi connectivity index (χ2v) is 10.0. The minimum Gasteiger partial charge on any atom is -0.326 e. The molecular weight excluding hydrogens is 414 g/mol. The summed E-state index contributed by atoms with van der Waals surface area (Å²) in [5.41, 5.74) is 3.83. The number of carbonyl (C=O) groups is 2. The number of aryl methyl sites for hydroxylation is 3. The van der Waals surface area contributed by atoms with Gasteiger partial charge in [-0.1, -0.05) is 17.7 Å². The number of sulfonamides is 1. The summed E-state index contributed by atoms with van der Waals surface area (Å²) in [6, 6.07) is 10.7. The number of piperidine rings is 1. The maximum absolute atomic E-state index is 13.2. The van der Waals surface area contributed by atoms with Crippen molar-refractivity contribution < 1.29 is 18.0 Å². The average Bonchev–Trinajstić information content (AvgIpc) is 2.68. The van der Waals surface area contributed by atoms with Crippen LogP contribution in [0.1, 0.15) is 36.5 Å². The molecule has 0 bridgehead atoms. The van der Waals surface area contributed by atoms with E-state index in [0.29, 0.717) is 42.2 Å². The van der Waals surface area contributed by atoms with Crippen molar-refractivity contribution in [1.82, 2.24) is 4.31 Å². The predicted molar refractivity (Wildman–Crippen MR) is 122 cm³/mol. The second kappa shape index (κ2) is 9.20. The molecule has 2 aromatic carbocycles. The molecule has 1 fully saturated rings. The minimum atomic E-state index is -3.60. The summed E-state index contributed by atoms with van der Waals surface area (Å²) in [4.78, 5) is 24.1. The Labute approximate surface area is 183 Å². The van der Waals surface area contributed by atoms with Crippen molar-refractivity contribution in [3.05, 3.63) is 53.1 Å². The fourth-order valence-electron chi connectivity index (χ4n) is 4.15. The summed E-state index contributed by atoms with van der Waals surface area (Å²) >= 11 is 0. The van der Waals surface area contributed by atoms with Gasteiger partial charge in [0.1, 0.15) is 0 Å². The molecule has 8 heteroatoms. The second-order valence-electron chi connectivity index (χ2n) is 8.15. The molecule has 166 valence electrons. The quantitative estimate of drug-likeness (QED) is 0.738. The minimum absolute atomic E-state index is 0.118. The summed E-state index contributed by atoms with van der Waals surface area (Å²) in [5, 5.41) is 5.56. The van der Waals surface area contributed by atoms with E-state index < -0.39 is 10.0 Å². The molecule has 0 radical (unpaired) electrons. The maximum Gasteiger partial charge on any atom is 0.243 e. The first-order valence-electron chi connectivity index (χ1n) is 10.3. The molecular formula is C23H29N3O4S. The van der Waals surface area contributed by atoms with Gasteiger partial charge in [0.05, 0.1) is 4.90 Å². The molecule has 1 aliphatic rings. The van der Waals surface area contributed by atoms with Crippen molar-refractivity contribution in [1.29, 1.82) is 0 Å². The van der Waals surface area contributed by atoms with Crippen molar-refractivity contribution in [3.8, 4) is 0 Å². The third-order valence-corrected chi connectivity index (χ3v) is 7.70. The number of benzene rings is 2. The molecule has 1 aliphatic heterocycles. The lowest BCUT2D eigenvalue weighted by atomic mass is 9.97. The van der Waals surface area contributed by atoms with Crippen LogP contribution in [0.5, 0.6) is 0 Å². The maximum atomic E-state index is 13.2. The van der Waals surface area contributed by atoms with Crippen LogP contribution in [0.4, 0.5) is 11.4 Å². The van der Waals surface area contributed by atoms with Crippen LogP contribution < -0.4 is 10.6 Å². The number of anilines is 2. The summed E-state index contributed by atoms with van der Waals surface area (Å²) < 4.78 is 27.9. The lowest BCUT2D eigenvalue weighted by Crippen LogP contribution is -2.41. The Balaban J connectivity index is 1.62. The zero-order valence-electron chi connectivity index (χ0n) is 18.4. The van der Waals surface area contributed by atoms with Gasteiger partial charge >= 0.3 is 0 Å². The molecule has 2 N–H and O–H groups in total. The number of rotatable bonds is 5. The van der Waals surface area contributed by atoms with Gasteiger partial charge in [0.25, 0.3) is 0 Å². The van der Waals surface area contributed by atoms with E-state index in [1.165, 1.54) is 11.2 Å². The SMILES string of the molecule is CC(=O)Nc1ccc(NC(=O)C2CCN(S(=O)(=O)c3c(C)cc(C)cc3C)CC2)cc1. The van der Waals surface area contributed by atoms with E-state index in [9.17, 15) is 18.0 Å². The molecule has 1 saturated heterocycles. The first kappa shape index (κ1) is 23.0. The molecule has 2 aromatic rings. The van der Waals surface area contributed by atoms with Crippen LogP contribution in [-0.2, 0) is 19.6 Å². The van der Waals surface area contributed by atoms with Crippen LogP contribution in [0.3, 0.4) is 0 Å². The van der Waals surface area contributed by atoms with Crippen LogP contribution >= 0.6 is 0 Å². The van der Waals surface area contributed by atoms with Crippen molar-refractivity contribution >= 4 is 33.2 Å². The van der Waals surface area contributed by atoms with Crippen LogP contribution in [-0.4, -0.2) is 37.6 Å². The van der Waals surface area contributed by atoms with Crippen LogP contribution in [0.15, 0.2) is 41.3 Å². The highest BCUT2D eigenvalue weighted by molar-refractivity contribution is 7.89. The highest BCUT2D eigenvalue weighted by Gasteiger charge is 2.33. The Bertz CT molecular complexity index is 1060. The van der Waals surface area contributed by atoms with Crippen molar-refractivity contribution in [2.24, 2.45) is 5.92 Å². The number of carbonyl (C=O) groups excluding carboxylic acids is 2. The fraction of sp³-hybridized carbons (Fsp3) is 0.391. The lowest BCUT2D eigenvalue weighted by Gasteiger charge is -2.31. The highest BCUT2D eigenvalue weighted by Crippen LogP contribution is 2.29. The predicted octanol–water partition coefficient (Wildman–Crippen LogP) is 3.61. The third-order valence-electron chi connectivity index (χ3n) is 5.50. The summed E-state index contributed by atoms with van der Waals surface area (Å²) in [6.45, 7) is 7.66. The zero-order chi connectivity index (χ0) is 22.8. The standard InChI is InChI=1S/C23H29N3O4S/c1-15-13-16(2)22(17(3)14-15)31(29,30)26-11-9-19(10-12-26)23(28)25-21-7-5-20(6-8-21)24-18(4)27/h5-8,13-14,19H,9-12H2,1-4H3,(H,24,27)(H,25,28). The van der Waals surface area contributed by atoms with Crippen molar-refractivity contribution in [2.45, 2.75) is 45.4 Å². The number of nitrogens with one attached hydrogen (secondary N) is 2. The molecule has 0 atom stereocenters. The molecule has 3 rings (SSSR count). The summed E-state index contributed by atoms with van der Waals surface area (Å²) in [6.07, 6.45) is 0.942. The first-order valence-corrected chi connectivity index (χ1v) is 11.8. The van der Waals surface area contributed by atoms with E-state index in [4.69, 9.17) is 0 Å². The third kappa shape index (κ3) is 5.32. The zero-order valence-corrected chi connectivity index (χ0v) is 19.2. The summed E-state index contributed by atoms with van der Waals surface area (Å²) in [7, 11) is -3.60. The molecule has 0 saturated carbocycles. The Morgan fingerprint density at radius 1 is 0.903 bits per heavy atom. The number of hydrogen-bond acceptors (Lipinski definition) is 4. The Kier molecular flexibility index (Phi) is 6.81. The highest BCUT2D eigenvalue weighted by atomic mass is 32.2. The Hall–Kier alpha value is -2.71. The van der Waals surface area contributed by atoms with Gasteiger partial charge in [0, 0.05) is 37.3 Å².